The number of benzene rings is 2. The summed E-state index contributed by atoms with van der Waals surface area (Å²) in [6.45, 7) is 1.65. The van der Waals surface area contributed by atoms with Gasteiger partial charge in [-0.05, 0) is 62.3 Å². The van der Waals surface area contributed by atoms with Crippen LogP contribution in [-0.2, 0) is 14.8 Å². The highest BCUT2D eigenvalue weighted by Gasteiger charge is 2.40. The number of carbonyl (C=O) groups is 1. The molecule has 8 heteroatoms. The van der Waals surface area contributed by atoms with E-state index in [1.54, 1.807) is 18.2 Å². The number of methoxy groups -OCH3 is 2. The lowest BCUT2D eigenvalue weighted by molar-refractivity contribution is -0.120. The Morgan fingerprint density at radius 3 is 2.34 bits per heavy atom. The molecule has 2 aromatic carbocycles. The Morgan fingerprint density at radius 1 is 1.03 bits per heavy atom. The van der Waals surface area contributed by atoms with E-state index in [-0.39, 0.29) is 23.4 Å². The zero-order valence-corrected chi connectivity index (χ0v) is 19.5. The molecular weight excluding hydrogens is 428 g/mol. The SMILES string of the molecule is COc1ccc(S(=O)(=O)N(CC(=O)N[C@H]2C[C@H]3CC[C@@H]2C3)c2ccc(C)cc2)cc1OC. The first-order valence-corrected chi connectivity index (χ1v) is 12.4. The number of hydrogen-bond donors (Lipinski definition) is 1. The van der Waals surface area contributed by atoms with E-state index in [2.05, 4.69) is 5.32 Å². The predicted molar refractivity (Wildman–Crippen MR) is 123 cm³/mol. The van der Waals surface area contributed by atoms with Gasteiger partial charge in [-0.25, -0.2) is 8.42 Å². The van der Waals surface area contributed by atoms with Gasteiger partial charge in [-0.3, -0.25) is 9.10 Å². The summed E-state index contributed by atoms with van der Waals surface area (Å²) in [5, 5.41) is 3.10. The van der Waals surface area contributed by atoms with Crippen LogP contribution in [0.25, 0.3) is 0 Å². The van der Waals surface area contributed by atoms with E-state index in [0.717, 1.165) is 29.1 Å². The van der Waals surface area contributed by atoms with E-state index in [0.29, 0.717) is 29.0 Å². The molecule has 2 bridgehead atoms. The number of nitrogens with zero attached hydrogens (tertiary/aromatic N) is 1. The zero-order valence-electron chi connectivity index (χ0n) is 18.7. The molecule has 1 N–H and O–H groups in total. The van der Waals surface area contributed by atoms with Gasteiger partial charge in [0.2, 0.25) is 5.91 Å². The molecule has 172 valence electrons. The lowest BCUT2D eigenvalue weighted by atomic mass is 9.95. The molecule has 3 atom stereocenters. The fourth-order valence-electron chi connectivity index (χ4n) is 4.93. The Labute approximate surface area is 189 Å². The van der Waals surface area contributed by atoms with Gasteiger partial charge >= 0.3 is 0 Å². The number of fused-ring (bicyclic) bond motifs is 2. The van der Waals surface area contributed by atoms with Crippen molar-refractivity contribution in [2.75, 3.05) is 25.1 Å². The van der Waals surface area contributed by atoms with Gasteiger partial charge in [-0.1, -0.05) is 24.1 Å². The van der Waals surface area contributed by atoms with Crippen LogP contribution < -0.4 is 19.1 Å². The number of amides is 1. The van der Waals surface area contributed by atoms with Gasteiger partial charge in [0.25, 0.3) is 10.0 Å². The van der Waals surface area contributed by atoms with Crippen LogP contribution in [0.15, 0.2) is 47.4 Å². The quantitative estimate of drug-likeness (QED) is 0.654. The number of nitrogens with one attached hydrogen (secondary N) is 1. The maximum Gasteiger partial charge on any atom is 0.264 e. The fraction of sp³-hybridized carbons (Fsp3) is 0.458. The maximum absolute atomic E-state index is 13.6. The van der Waals surface area contributed by atoms with Gasteiger partial charge < -0.3 is 14.8 Å². The van der Waals surface area contributed by atoms with Crippen LogP contribution in [0.4, 0.5) is 5.69 Å². The first kappa shape index (κ1) is 22.5. The molecule has 2 aliphatic carbocycles. The van der Waals surface area contributed by atoms with Gasteiger partial charge in [-0.15, -0.1) is 0 Å². The molecule has 2 aromatic rings. The molecule has 7 nitrogen and oxygen atoms in total. The molecule has 1 amide bonds. The predicted octanol–water partition coefficient (Wildman–Crippen LogP) is 3.51. The van der Waals surface area contributed by atoms with Crippen molar-refractivity contribution in [2.45, 2.75) is 43.5 Å². The van der Waals surface area contributed by atoms with E-state index < -0.39 is 10.0 Å². The second-order valence-corrected chi connectivity index (χ2v) is 10.6. The summed E-state index contributed by atoms with van der Waals surface area (Å²) < 4.78 is 38.9. The number of hydrogen-bond acceptors (Lipinski definition) is 5. The average Bonchev–Trinajstić information content (AvgIpc) is 3.41. The van der Waals surface area contributed by atoms with Crippen molar-refractivity contribution >= 4 is 21.6 Å². The van der Waals surface area contributed by atoms with Gasteiger partial charge in [-0.2, -0.15) is 0 Å². The normalized spacial score (nSPS) is 21.9. The van der Waals surface area contributed by atoms with Crippen LogP contribution in [0.2, 0.25) is 0 Å². The molecule has 0 spiro atoms. The van der Waals surface area contributed by atoms with E-state index in [4.69, 9.17) is 9.47 Å². The molecule has 4 rings (SSSR count). The summed E-state index contributed by atoms with van der Waals surface area (Å²) in [6.07, 6.45) is 4.53. The summed E-state index contributed by atoms with van der Waals surface area (Å²) in [7, 11) is -1.08. The van der Waals surface area contributed by atoms with Gasteiger partial charge in [0.05, 0.1) is 24.8 Å². The van der Waals surface area contributed by atoms with E-state index in [1.807, 2.05) is 19.1 Å². The first-order valence-electron chi connectivity index (χ1n) is 10.9. The van der Waals surface area contributed by atoms with E-state index in [9.17, 15) is 13.2 Å². The Hall–Kier alpha value is -2.74. The summed E-state index contributed by atoms with van der Waals surface area (Å²) in [5.74, 6) is 1.66. The summed E-state index contributed by atoms with van der Waals surface area (Å²) in [5.41, 5.74) is 1.44. The highest BCUT2D eigenvalue weighted by molar-refractivity contribution is 7.92. The molecule has 0 unspecified atom stereocenters. The van der Waals surface area contributed by atoms with Gasteiger partial charge in [0.1, 0.15) is 6.54 Å². The molecule has 0 heterocycles. The second-order valence-electron chi connectivity index (χ2n) is 8.71. The smallest absolute Gasteiger partial charge is 0.264 e. The van der Waals surface area contributed by atoms with Crippen molar-refractivity contribution in [3.63, 3.8) is 0 Å². The van der Waals surface area contributed by atoms with Gasteiger partial charge in [0.15, 0.2) is 11.5 Å². The van der Waals surface area contributed by atoms with Crippen LogP contribution in [0.1, 0.15) is 31.2 Å². The highest BCUT2D eigenvalue weighted by atomic mass is 32.2. The largest absolute Gasteiger partial charge is 0.493 e. The average molecular weight is 459 g/mol. The van der Waals surface area contributed by atoms with Crippen molar-refractivity contribution < 1.29 is 22.7 Å². The standard InChI is InChI=1S/C24H30N2O5S/c1-16-4-8-19(9-5-16)26(15-24(27)25-21-13-17-6-7-18(21)12-17)32(28,29)20-10-11-22(30-2)23(14-20)31-3/h4-5,8-11,14,17-18,21H,6-7,12-13,15H2,1-3H3,(H,25,27)/t17-,18+,21-/m0/s1. The molecule has 2 aliphatic rings. The van der Waals surface area contributed by atoms with Crippen LogP contribution in [0.3, 0.4) is 0 Å². The topological polar surface area (TPSA) is 84.9 Å². The molecular formula is C24H30N2O5S. The number of carbonyl (C=O) groups excluding carboxylic acids is 1. The number of rotatable bonds is 8. The third kappa shape index (κ3) is 4.41. The lowest BCUT2D eigenvalue weighted by Crippen LogP contribution is -2.46. The minimum absolute atomic E-state index is 0.0310. The van der Waals surface area contributed by atoms with Crippen molar-refractivity contribution in [2.24, 2.45) is 11.8 Å². The van der Waals surface area contributed by atoms with Crippen molar-refractivity contribution in [3.8, 4) is 11.5 Å². The third-order valence-electron chi connectivity index (χ3n) is 6.64. The third-order valence-corrected chi connectivity index (χ3v) is 8.41. The summed E-state index contributed by atoms with van der Waals surface area (Å²) >= 11 is 0. The summed E-state index contributed by atoms with van der Waals surface area (Å²) in [6, 6.07) is 11.7. The van der Waals surface area contributed by atoms with Gasteiger partial charge in [0, 0.05) is 12.1 Å². The van der Waals surface area contributed by atoms with Crippen LogP contribution >= 0.6 is 0 Å². The first-order chi connectivity index (χ1) is 15.3. The monoisotopic (exact) mass is 458 g/mol. The molecule has 0 saturated heterocycles. The Bertz CT molecular complexity index is 1080. The fourth-order valence-corrected chi connectivity index (χ4v) is 6.37. The Kier molecular flexibility index (Phi) is 6.33. The van der Waals surface area contributed by atoms with Crippen molar-refractivity contribution in [1.82, 2.24) is 5.32 Å². The van der Waals surface area contributed by atoms with Crippen molar-refractivity contribution in [3.05, 3.63) is 48.0 Å². The molecule has 2 fully saturated rings. The molecule has 0 aliphatic heterocycles. The van der Waals surface area contributed by atoms with Crippen LogP contribution in [-0.4, -0.2) is 41.1 Å². The molecule has 0 aromatic heterocycles. The van der Waals surface area contributed by atoms with Crippen molar-refractivity contribution in [1.29, 1.82) is 0 Å². The second kappa shape index (κ2) is 9.02. The van der Waals surface area contributed by atoms with E-state index in [1.165, 1.54) is 32.8 Å². The molecule has 0 radical (unpaired) electrons. The maximum atomic E-state index is 13.6. The lowest BCUT2D eigenvalue weighted by Gasteiger charge is -2.27. The summed E-state index contributed by atoms with van der Waals surface area (Å²) in [4.78, 5) is 13.0. The number of anilines is 1. The number of aryl methyl sites for hydroxylation is 1. The minimum Gasteiger partial charge on any atom is -0.493 e. The Balaban J connectivity index is 1.63. The molecule has 32 heavy (non-hydrogen) atoms. The number of ether oxygens (including phenoxy) is 2. The minimum atomic E-state index is -4.03. The zero-order chi connectivity index (χ0) is 22.9. The molecule has 2 saturated carbocycles. The van der Waals surface area contributed by atoms with Crippen LogP contribution in [0.5, 0.6) is 11.5 Å². The Morgan fingerprint density at radius 2 is 1.75 bits per heavy atom. The highest BCUT2D eigenvalue weighted by Crippen LogP contribution is 2.44. The van der Waals surface area contributed by atoms with E-state index >= 15 is 0 Å². The number of sulfonamides is 1. The van der Waals surface area contributed by atoms with Crippen LogP contribution in [0, 0.1) is 18.8 Å².